The Labute approximate surface area is 144 Å². The zero-order valence-corrected chi connectivity index (χ0v) is 14.6. The maximum Gasteiger partial charge on any atom is 0.234 e. The minimum Gasteiger partial charge on any atom is -0.351 e. The lowest BCUT2D eigenvalue weighted by atomic mass is 10.00. The van der Waals surface area contributed by atoms with Gasteiger partial charge in [0.2, 0.25) is 5.91 Å². The Bertz CT molecular complexity index is 605. The van der Waals surface area contributed by atoms with E-state index in [-0.39, 0.29) is 5.91 Å². The van der Waals surface area contributed by atoms with E-state index in [9.17, 15) is 4.79 Å². The van der Waals surface area contributed by atoms with Crippen molar-refractivity contribution in [2.45, 2.75) is 31.5 Å². The summed E-state index contributed by atoms with van der Waals surface area (Å²) in [6.45, 7) is 6.83. The van der Waals surface area contributed by atoms with E-state index in [0.717, 1.165) is 52.1 Å². The van der Waals surface area contributed by atoms with Gasteiger partial charge in [0, 0.05) is 51.4 Å². The summed E-state index contributed by atoms with van der Waals surface area (Å²) in [5.74, 6) is 0.188. The molecule has 0 aliphatic carbocycles. The molecule has 3 aliphatic rings. The highest BCUT2D eigenvalue weighted by atomic mass is 16.2. The third-order valence-electron chi connectivity index (χ3n) is 5.76. The Morgan fingerprint density at radius 1 is 1.17 bits per heavy atom. The van der Waals surface area contributed by atoms with E-state index < -0.39 is 0 Å². The van der Waals surface area contributed by atoms with Crippen LogP contribution in [0.15, 0.2) is 24.3 Å². The average Bonchev–Trinajstić information content (AvgIpc) is 2.95. The van der Waals surface area contributed by atoms with Crippen molar-refractivity contribution in [1.82, 2.24) is 20.0 Å². The number of amides is 1. The highest BCUT2D eigenvalue weighted by Gasteiger charge is 2.35. The number of nitrogens with zero attached hydrogens (tertiary/aromatic N) is 3. The molecule has 2 atom stereocenters. The van der Waals surface area contributed by atoms with E-state index in [1.807, 2.05) is 0 Å². The molecule has 0 bridgehead atoms. The quantitative estimate of drug-likeness (QED) is 0.880. The van der Waals surface area contributed by atoms with Gasteiger partial charge >= 0.3 is 0 Å². The second-order valence-corrected chi connectivity index (χ2v) is 7.64. The van der Waals surface area contributed by atoms with Crippen LogP contribution in [0.2, 0.25) is 0 Å². The number of nitrogens with one attached hydrogen (secondary N) is 1. The lowest BCUT2D eigenvalue weighted by molar-refractivity contribution is -0.123. The molecule has 130 valence electrons. The molecule has 2 saturated heterocycles. The zero-order chi connectivity index (χ0) is 16.5. The van der Waals surface area contributed by atoms with E-state index in [1.54, 1.807) is 0 Å². The van der Waals surface area contributed by atoms with Gasteiger partial charge in [-0.05, 0) is 31.0 Å². The first-order valence-corrected chi connectivity index (χ1v) is 9.18. The minimum atomic E-state index is 0.188. The lowest BCUT2D eigenvalue weighted by Crippen LogP contribution is -2.48. The van der Waals surface area contributed by atoms with Crippen LogP contribution < -0.4 is 5.32 Å². The summed E-state index contributed by atoms with van der Waals surface area (Å²) in [4.78, 5) is 19.7. The van der Waals surface area contributed by atoms with Gasteiger partial charge in [-0.25, -0.2) is 0 Å². The first-order valence-electron chi connectivity index (χ1n) is 9.18. The van der Waals surface area contributed by atoms with Gasteiger partial charge in [0.15, 0.2) is 0 Å². The molecule has 2 fully saturated rings. The summed E-state index contributed by atoms with van der Waals surface area (Å²) >= 11 is 0. The molecule has 0 unspecified atom stereocenters. The largest absolute Gasteiger partial charge is 0.351 e. The van der Waals surface area contributed by atoms with Crippen LogP contribution in [0, 0.1) is 0 Å². The summed E-state index contributed by atoms with van der Waals surface area (Å²) in [5, 5.41) is 3.28. The molecule has 5 heteroatoms. The molecule has 1 amide bonds. The highest BCUT2D eigenvalue weighted by molar-refractivity contribution is 5.78. The minimum absolute atomic E-state index is 0.188. The molecule has 1 aromatic carbocycles. The molecular weight excluding hydrogens is 300 g/mol. The van der Waals surface area contributed by atoms with Crippen LogP contribution in [-0.4, -0.2) is 79.0 Å². The van der Waals surface area contributed by atoms with Crippen LogP contribution in [0.25, 0.3) is 0 Å². The third-order valence-corrected chi connectivity index (χ3v) is 5.76. The fraction of sp³-hybridized carbons (Fsp3) is 0.632. The van der Waals surface area contributed by atoms with Crippen LogP contribution in [0.4, 0.5) is 0 Å². The smallest absolute Gasteiger partial charge is 0.234 e. The summed E-state index contributed by atoms with van der Waals surface area (Å²) in [5.41, 5.74) is 2.81. The molecule has 0 spiro atoms. The van der Waals surface area contributed by atoms with E-state index in [4.69, 9.17) is 0 Å². The predicted octanol–water partition coefficient (Wildman–Crippen LogP) is 0.549. The summed E-state index contributed by atoms with van der Waals surface area (Å²) in [6, 6.07) is 9.53. The number of carbonyl (C=O) groups is 1. The normalized spacial score (nSPS) is 28.4. The fourth-order valence-electron chi connectivity index (χ4n) is 4.47. The van der Waals surface area contributed by atoms with Gasteiger partial charge in [-0.1, -0.05) is 24.3 Å². The van der Waals surface area contributed by atoms with Crippen LogP contribution in [0.5, 0.6) is 0 Å². The predicted molar refractivity (Wildman–Crippen MR) is 94.8 cm³/mol. The van der Waals surface area contributed by atoms with Gasteiger partial charge < -0.3 is 10.2 Å². The molecule has 3 aliphatic heterocycles. The van der Waals surface area contributed by atoms with E-state index in [0.29, 0.717) is 18.6 Å². The number of hydrogen-bond donors (Lipinski definition) is 1. The summed E-state index contributed by atoms with van der Waals surface area (Å²) in [6.07, 6.45) is 2.15. The topological polar surface area (TPSA) is 38.8 Å². The van der Waals surface area contributed by atoms with E-state index in [2.05, 4.69) is 51.3 Å². The number of likely N-dealkylation sites (N-methyl/N-ethyl adjacent to an activating group) is 1. The van der Waals surface area contributed by atoms with Gasteiger partial charge in [-0.2, -0.15) is 0 Å². The van der Waals surface area contributed by atoms with Crippen molar-refractivity contribution in [3.63, 3.8) is 0 Å². The van der Waals surface area contributed by atoms with Crippen molar-refractivity contribution in [3.8, 4) is 0 Å². The number of carbonyl (C=O) groups excluding carboxylic acids is 1. The first kappa shape index (κ1) is 16.1. The zero-order valence-electron chi connectivity index (χ0n) is 14.6. The second kappa shape index (κ2) is 6.82. The Balaban J connectivity index is 1.27. The Morgan fingerprint density at radius 2 is 2.00 bits per heavy atom. The maximum atomic E-state index is 12.5. The van der Waals surface area contributed by atoms with E-state index >= 15 is 0 Å². The number of rotatable bonds is 3. The maximum absolute atomic E-state index is 12.5. The Morgan fingerprint density at radius 3 is 2.88 bits per heavy atom. The first-order chi connectivity index (χ1) is 11.7. The SMILES string of the molecule is CN1CCN2C[C@@H](NC(=O)CN3CCc4ccccc4C3)C[C@H]2C1. The molecular formula is C19H28N4O. The molecule has 1 N–H and O–H groups in total. The molecule has 5 nitrogen and oxygen atoms in total. The second-order valence-electron chi connectivity index (χ2n) is 7.64. The monoisotopic (exact) mass is 328 g/mol. The van der Waals surface area contributed by atoms with Crippen LogP contribution in [-0.2, 0) is 17.8 Å². The molecule has 3 heterocycles. The highest BCUT2D eigenvalue weighted by Crippen LogP contribution is 2.22. The molecule has 0 aromatic heterocycles. The van der Waals surface area contributed by atoms with Crippen LogP contribution >= 0.6 is 0 Å². The number of hydrogen-bond acceptors (Lipinski definition) is 4. The van der Waals surface area contributed by atoms with Crippen LogP contribution in [0.1, 0.15) is 17.5 Å². The Kier molecular flexibility index (Phi) is 4.57. The molecule has 24 heavy (non-hydrogen) atoms. The average molecular weight is 328 g/mol. The van der Waals surface area contributed by atoms with Crippen molar-refractivity contribution in [2.24, 2.45) is 0 Å². The van der Waals surface area contributed by atoms with Gasteiger partial charge in [0.1, 0.15) is 0 Å². The fourth-order valence-corrected chi connectivity index (χ4v) is 4.47. The molecule has 0 radical (unpaired) electrons. The number of benzene rings is 1. The number of piperazine rings is 1. The van der Waals surface area contributed by atoms with Gasteiger partial charge in [0.25, 0.3) is 0 Å². The molecule has 1 aromatic rings. The standard InChI is InChI=1S/C19H28N4O/c1-21-8-9-23-12-17(10-18(23)13-21)20-19(24)14-22-7-6-15-4-2-3-5-16(15)11-22/h2-5,17-18H,6-14H2,1H3,(H,20,24)/t17-,18-/m0/s1. The van der Waals surface area contributed by atoms with Crippen molar-refractivity contribution < 1.29 is 4.79 Å². The lowest BCUT2D eigenvalue weighted by Gasteiger charge is -2.34. The summed E-state index contributed by atoms with van der Waals surface area (Å²) < 4.78 is 0. The van der Waals surface area contributed by atoms with E-state index in [1.165, 1.54) is 11.1 Å². The van der Waals surface area contributed by atoms with Crippen molar-refractivity contribution in [3.05, 3.63) is 35.4 Å². The molecule has 0 saturated carbocycles. The van der Waals surface area contributed by atoms with Crippen molar-refractivity contribution >= 4 is 5.91 Å². The number of fused-ring (bicyclic) bond motifs is 2. The molecule has 4 rings (SSSR count). The van der Waals surface area contributed by atoms with Crippen LogP contribution in [0.3, 0.4) is 0 Å². The van der Waals surface area contributed by atoms with Crippen molar-refractivity contribution in [1.29, 1.82) is 0 Å². The van der Waals surface area contributed by atoms with Gasteiger partial charge in [-0.15, -0.1) is 0 Å². The van der Waals surface area contributed by atoms with Crippen molar-refractivity contribution in [2.75, 3.05) is 46.3 Å². The Hall–Kier alpha value is -1.43. The third kappa shape index (κ3) is 3.48. The van der Waals surface area contributed by atoms with Gasteiger partial charge in [0.05, 0.1) is 6.54 Å². The van der Waals surface area contributed by atoms with Gasteiger partial charge in [-0.3, -0.25) is 14.6 Å². The summed E-state index contributed by atoms with van der Waals surface area (Å²) in [7, 11) is 2.19.